The van der Waals surface area contributed by atoms with Gasteiger partial charge in [0.15, 0.2) is 0 Å². The number of aliphatic hydroxyl groups excluding tert-OH is 1. The zero-order chi connectivity index (χ0) is 16.6. The van der Waals surface area contributed by atoms with Gasteiger partial charge in [0.1, 0.15) is 0 Å². The van der Waals surface area contributed by atoms with Crippen molar-refractivity contribution >= 4 is 5.97 Å². The van der Waals surface area contributed by atoms with Crippen LogP contribution in [-0.2, 0) is 9.53 Å². The van der Waals surface area contributed by atoms with Gasteiger partial charge in [0.2, 0.25) is 0 Å². The summed E-state index contributed by atoms with van der Waals surface area (Å²) >= 11 is 0. The largest absolute Gasteiger partial charge is 0.466 e. The number of esters is 1. The lowest BCUT2D eigenvalue weighted by Crippen LogP contribution is -2.15. The van der Waals surface area contributed by atoms with Crippen molar-refractivity contribution < 1.29 is 14.6 Å². The number of unbranched alkanes of at least 4 members (excludes halogenated alkanes) is 8. The molecule has 0 heterocycles. The Bertz CT molecular complexity index is 251. The Morgan fingerprint density at radius 1 is 0.864 bits per heavy atom. The van der Waals surface area contributed by atoms with Crippen molar-refractivity contribution in [3.8, 4) is 0 Å². The van der Waals surface area contributed by atoms with Crippen molar-refractivity contribution in [3.63, 3.8) is 0 Å². The first-order valence-electron chi connectivity index (χ1n) is 9.40. The lowest BCUT2D eigenvalue weighted by Gasteiger charge is -2.09. The summed E-state index contributed by atoms with van der Waals surface area (Å²) in [7, 11) is 0. The average Bonchev–Trinajstić information content (AvgIpc) is 2.44. The zero-order valence-corrected chi connectivity index (χ0v) is 15.1. The third-order valence-electron chi connectivity index (χ3n) is 4.03. The van der Waals surface area contributed by atoms with E-state index < -0.39 is 6.10 Å². The van der Waals surface area contributed by atoms with E-state index in [0.29, 0.717) is 13.0 Å². The predicted octanol–water partition coefficient (Wildman–Crippen LogP) is 5.25. The van der Waals surface area contributed by atoms with Crippen molar-refractivity contribution in [2.45, 2.75) is 104 Å². The highest BCUT2D eigenvalue weighted by Crippen LogP contribution is 2.14. The van der Waals surface area contributed by atoms with Gasteiger partial charge in [0.25, 0.3) is 0 Å². The topological polar surface area (TPSA) is 46.5 Å². The van der Waals surface area contributed by atoms with Gasteiger partial charge in [-0.2, -0.15) is 0 Å². The third kappa shape index (κ3) is 15.8. The van der Waals surface area contributed by atoms with Gasteiger partial charge >= 0.3 is 5.97 Å². The summed E-state index contributed by atoms with van der Waals surface area (Å²) in [6.07, 6.45) is 13.3. The number of ether oxygens (including phenoxy) is 1. The van der Waals surface area contributed by atoms with E-state index in [4.69, 9.17) is 4.74 Å². The van der Waals surface area contributed by atoms with Crippen LogP contribution in [-0.4, -0.2) is 23.8 Å². The summed E-state index contributed by atoms with van der Waals surface area (Å²) in [5, 5.41) is 9.71. The molecule has 0 aromatic rings. The highest BCUT2D eigenvalue weighted by molar-refractivity contribution is 5.69. The lowest BCUT2D eigenvalue weighted by molar-refractivity contribution is -0.145. The molecule has 3 nitrogen and oxygen atoms in total. The molecule has 0 aliphatic heterocycles. The standard InChI is InChI=1S/C19H38O3/c1-4-22-19(21)16-18(20)15-13-11-9-7-5-6-8-10-12-14-17(2)3/h17-18,20H,4-16H2,1-3H3/t18-/m1/s1. The van der Waals surface area contributed by atoms with E-state index in [9.17, 15) is 9.90 Å². The quantitative estimate of drug-likeness (QED) is 0.332. The molecule has 0 saturated heterocycles. The number of hydrogen-bond donors (Lipinski definition) is 1. The predicted molar refractivity (Wildman–Crippen MR) is 92.9 cm³/mol. The van der Waals surface area contributed by atoms with E-state index in [1.165, 1.54) is 51.4 Å². The van der Waals surface area contributed by atoms with Crippen LogP contribution >= 0.6 is 0 Å². The number of hydrogen-bond acceptors (Lipinski definition) is 3. The molecule has 1 N–H and O–H groups in total. The molecule has 132 valence electrons. The molecule has 0 amide bonds. The first-order valence-corrected chi connectivity index (χ1v) is 9.40. The fourth-order valence-electron chi connectivity index (χ4n) is 2.68. The van der Waals surface area contributed by atoms with E-state index in [2.05, 4.69) is 13.8 Å². The number of aliphatic hydroxyl groups is 1. The van der Waals surface area contributed by atoms with E-state index in [1.807, 2.05) is 0 Å². The van der Waals surface area contributed by atoms with Crippen molar-refractivity contribution in [2.24, 2.45) is 5.92 Å². The highest BCUT2D eigenvalue weighted by Gasteiger charge is 2.10. The summed E-state index contributed by atoms with van der Waals surface area (Å²) in [6, 6.07) is 0. The Morgan fingerprint density at radius 3 is 1.77 bits per heavy atom. The van der Waals surface area contributed by atoms with Crippen LogP contribution in [0.3, 0.4) is 0 Å². The minimum absolute atomic E-state index is 0.143. The summed E-state index contributed by atoms with van der Waals surface area (Å²) < 4.78 is 4.83. The minimum atomic E-state index is -0.528. The summed E-state index contributed by atoms with van der Waals surface area (Å²) in [5.41, 5.74) is 0. The Labute approximate surface area is 137 Å². The molecule has 0 aromatic heterocycles. The van der Waals surface area contributed by atoms with Crippen molar-refractivity contribution in [1.29, 1.82) is 0 Å². The summed E-state index contributed by atoms with van der Waals surface area (Å²) in [4.78, 5) is 11.2. The molecule has 0 fully saturated rings. The smallest absolute Gasteiger partial charge is 0.308 e. The second-order valence-corrected chi connectivity index (χ2v) is 6.82. The molecule has 0 aromatic carbocycles. The Balaban J connectivity index is 3.21. The van der Waals surface area contributed by atoms with E-state index in [-0.39, 0.29) is 12.4 Å². The number of rotatable bonds is 15. The van der Waals surface area contributed by atoms with Gasteiger partial charge in [0, 0.05) is 0 Å². The Kier molecular flexibility index (Phi) is 14.9. The molecule has 0 rings (SSSR count). The van der Waals surface area contributed by atoms with Crippen LogP contribution in [0.15, 0.2) is 0 Å². The Morgan fingerprint density at radius 2 is 1.32 bits per heavy atom. The average molecular weight is 315 g/mol. The van der Waals surface area contributed by atoms with Gasteiger partial charge in [-0.3, -0.25) is 4.79 Å². The van der Waals surface area contributed by atoms with Gasteiger partial charge in [-0.15, -0.1) is 0 Å². The lowest BCUT2D eigenvalue weighted by atomic mass is 10.0. The highest BCUT2D eigenvalue weighted by atomic mass is 16.5. The minimum Gasteiger partial charge on any atom is -0.466 e. The van der Waals surface area contributed by atoms with Crippen LogP contribution in [0, 0.1) is 5.92 Å². The Hall–Kier alpha value is -0.570. The fraction of sp³-hybridized carbons (Fsp3) is 0.947. The maximum Gasteiger partial charge on any atom is 0.308 e. The second kappa shape index (κ2) is 15.3. The molecule has 3 heteroatoms. The van der Waals surface area contributed by atoms with Crippen LogP contribution < -0.4 is 0 Å². The fourth-order valence-corrected chi connectivity index (χ4v) is 2.68. The molecular weight excluding hydrogens is 276 g/mol. The number of carbonyl (C=O) groups is 1. The molecule has 0 saturated carbocycles. The van der Waals surface area contributed by atoms with Gasteiger partial charge in [-0.25, -0.2) is 0 Å². The van der Waals surface area contributed by atoms with Crippen LogP contribution in [0.5, 0.6) is 0 Å². The molecule has 0 unspecified atom stereocenters. The number of carbonyl (C=O) groups excluding carboxylic acids is 1. The van der Waals surface area contributed by atoms with E-state index >= 15 is 0 Å². The van der Waals surface area contributed by atoms with Crippen molar-refractivity contribution in [1.82, 2.24) is 0 Å². The first kappa shape index (κ1) is 21.4. The van der Waals surface area contributed by atoms with Crippen LogP contribution in [0.4, 0.5) is 0 Å². The molecule has 22 heavy (non-hydrogen) atoms. The monoisotopic (exact) mass is 314 g/mol. The van der Waals surface area contributed by atoms with Crippen molar-refractivity contribution in [3.05, 3.63) is 0 Å². The van der Waals surface area contributed by atoms with E-state index in [0.717, 1.165) is 18.8 Å². The molecule has 0 aliphatic rings. The molecule has 1 atom stereocenters. The maximum absolute atomic E-state index is 11.2. The SMILES string of the molecule is CCOC(=O)C[C@H](O)CCCCCCCCCCCC(C)C. The zero-order valence-electron chi connectivity index (χ0n) is 15.1. The van der Waals surface area contributed by atoms with Gasteiger partial charge in [0.05, 0.1) is 19.1 Å². The molecule has 0 aliphatic carbocycles. The maximum atomic E-state index is 11.2. The van der Waals surface area contributed by atoms with E-state index in [1.54, 1.807) is 6.92 Å². The first-order chi connectivity index (χ1) is 10.6. The van der Waals surface area contributed by atoms with Crippen LogP contribution in [0.25, 0.3) is 0 Å². The third-order valence-corrected chi connectivity index (χ3v) is 4.03. The van der Waals surface area contributed by atoms with Crippen molar-refractivity contribution in [2.75, 3.05) is 6.61 Å². The van der Waals surface area contributed by atoms with Gasteiger partial charge in [-0.05, 0) is 19.3 Å². The second-order valence-electron chi connectivity index (χ2n) is 6.82. The van der Waals surface area contributed by atoms with Crippen LogP contribution in [0.1, 0.15) is 97.8 Å². The molecular formula is C19H38O3. The van der Waals surface area contributed by atoms with Gasteiger partial charge in [-0.1, -0.05) is 78.1 Å². The normalized spacial score (nSPS) is 12.6. The van der Waals surface area contributed by atoms with Gasteiger partial charge < -0.3 is 9.84 Å². The molecule has 0 radical (unpaired) electrons. The molecule has 0 spiro atoms. The summed E-state index contributed by atoms with van der Waals surface area (Å²) in [6.45, 7) is 6.77. The molecule has 0 bridgehead atoms. The summed E-state index contributed by atoms with van der Waals surface area (Å²) in [5.74, 6) is 0.562. The van der Waals surface area contributed by atoms with Crippen LogP contribution in [0.2, 0.25) is 0 Å².